The summed E-state index contributed by atoms with van der Waals surface area (Å²) in [4.78, 5) is 2.40. The maximum atomic E-state index is 13.6. The van der Waals surface area contributed by atoms with Crippen LogP contribution in [0, 0.1) is 17.6 Å². The smallest absolute Gasteiger partial charge is 0.129 e. The first-order valence-electron chi connectivity index (χ1n) is 7.93. The monoisotopic (exact) mass is 297 g/mol. The third kappa shape index (κ3) is 5.04. The Balaban J connectivity index is 1.80. The van der Waals surface area contributed by atoms with Crippen LogP contribution in [0.2, 0.25) is 0 Å². The van der Waals surface area contributed by atoms with Gasteiger partial charge < -0.3 is 9.64 Å². The van der Waals surface area contributed by atoms with Crippen LogP contribution in [0.3, 0.4) is 0 Å². The van der Waals surface area contributed by atoms with Gasteiger partial charge in [0, 0.05) is 25.3 Å². The molecule has 0 bridgehead atoms. The van der Waals surface area contributed by atoms with Gasteiger partial charge in [0.2, 0.25) is 0 Å². The topological polar surface area (TPSA) is 12.5 Å². The van der Waals surface area contributed by atoms with Crippen molar-refractivity contribution in [2.24, 2.45) is 5.92 Å². The summed E-state index contributed by atoms with van der Waals surface area (Å²) in [7, 11) is 0. The molecule has 0 N–H and O–H groups in total. The number of piperidine rings is 1. The van der Waals surface area contributed by atoms with Gasteiger partial charge in [0.15, 0.2) is 0 Å². The van der Waals surface area contributed by atoms with E-state index in [4.69, 9.17) is 4.74 Å². The molecule has 1 aliphatic rings. The summed E-state index contributed by atoms with van der Waals surface area (Å²) < 4.78 is 32.6. The normalized spacial score (nSPS) is 19.9. The number of ether oxygens (including phenoxy) is 1. The number of rotatable bonds is 7. The van der Waals surface area contributed by atoms with Crippen molar-refractivity contribution < 1.29 is 13.5 Å². The fourth-order valence-electron chi connectivity index (χ4n) is 3.05. The third-order valence-corrected chi connectivity index (χ3v) is 4.22. The van der Waals surface area contributed by atoms with Crippen LogP contribution in [0.5, 0.6) is 0 Å². The van der Waals surface area contributed by atoms with Crippen LogP contribution in [0.4, 0.5) is 8.78 Å². The summed E-state index contributed by atoms with van der Waals surface area (Å²) in [5.41, 5.74) is 0.240. The number of nitrogens with zero attached hydrogens (tertiary/aromatic N) is 1. The molecule has 1 aliphatic heterocycles. The van der Waals surface area contributed by atoms with Crippen molar-refractivity contribution in [3.8, 4) is 0 Å². The zero-order valence-electron chi connectivity index (χ0n) is 12.8. The molecular weight excluding hydrogens is 272 g/mol. The molecule has 2 nitrogen and oxygen atoms in total. The number of hydrogen-bond acceptors (Lipinski definition) is 2. The SMILES string of the molecule is CCOCCN1CCC[C@@H](CCc2c(F)cccc2F)C1. The van der Waals surface area contributed by atoms with E-state index in [0.29, 0.717) is 12.3 Å². The Morgan fingerprint density at radius 3 is 2.76 bits per heavy atom. The summed E-state index contributed by atoms with van der Waals surface area (Å²) in [6.45, 7) is 6.61. The zero-order chi connectivity index (χ0) is 15.1. The van der Waals surface area contributed by atoms with Gasteiger partial charge in [0.25, 0.3) is 0 Å². The molecule has 21 heavy (non-hydrogen) atoms. The highest BCUT2D eigenvalue weighted by Crippen LogP contribution is 2.23. The number of hydrogen-bond donors (Lipinski definition) is 0. The van der Waals surface area contributed by atoms with Crippen LogP contribution in [0.1, 0.15) is 31.7 Å². The molecule has 118 valence electrons. The second kappa shape index (κ2) is 8.44. The number of benzene rings is 1. The van der Waals surface area contributed by atoms with Gasteiger partial charge in [-0.25, -0.2) is 8.78 Å². The van der Waals surface area contributed by atoms with Crippen molar-refractivity contribution in [3.63, 3.8) is 0 Å². The molecule has 1 heterocycles. The predicted octanol–water partition coefficient (Wildman–Crippen LogP) is 3.65. The molecule has 1 aromatic carbocycles. The minimum absolute atomic E-state index is 0.240. The highest BCUT2D eigenvalue weighted by Gasteiger charge is 2.20. The van der Waals surface area contributed by atoms with Crippen LogP contribution >= 0.6 is 0 Å². The second-order valence-corrected chi connectivity index (χ2v) is 5.74. The lowest BCUT2D eigenvalue weighted by Gasteiger charge is -2.32. The van der Waals surface area contributed by atoms with Gasteiger partial charge in [-0.15, -0.1) is 0 Å². The van der Waals surface area contributed by atoms with Crippen molar-refractivity contribution in [1.29, 1.82) is 0 Å². The summed E-state index contributed by atoms with van der Waals surface area (Å²) in [5.74, 6) is -0.308. The Hall–Kier alpha value is -1.00. The van der Waals surface area contributed by atoms with Gasteiger partial charge >= 0.3 is 0 Å². The van der Waals surface area contributed by atoms with E-state index in [1.165, 1.54) is 18.2 Å². The van der Waals surface area contributed by atoms with Crippen LogP contribution < -0.4 is 0 Å². The third-order valence-electron chi connectivity index (χ3n) is 4.22. The molecular formula is C17H25F2NO. The van der Waals surface area contributed by atoms with E-state index in [2.05, 4.69) is 4.90 Å². The molecule has 0 aromatic heterocycles. The van der Waals surface area contributed by atoms with Crippen LogP contribution in [0.15, 0.2) is 18.2 Å². The second-order valence-electron chi connectivity index (χ2n) is 5.74. The summed E-state index contributed by atoms with van der Waals surface area (Å²) >= 11 is 0. The van der Waals surface area contributed by atoms with Crippen LogP contribution in [-0.2, 0) is 11.2 Å². The molecule has 1 atom stereocenters. The summed E-state index contributed by atoms with van der Waals surface area (Å²) in [6.07, 6.45) is 3.66. The molecule has 1 saturated heterocycles. The first kappa shape index (κ1) is 16.4. The Bertz CT molecular complexity index is 419. The highest BCUT2D eigenvalue weighted by atomic mass is 19.1. The molecule has 0 aliphatic carbocycles. The first-order valence-corrected chi connectivity index (χ1v) is 7.93. The molecule has 0 amide bonds. The fraction of sp³-hybridized carbons (Fsp3) is 0.647. The number of halogens is 2. The quantitative estimate of drug-likeness (QED) is 0.712. The van der Waals surface area contributed by atoms with Crippen molar-refractivity contribution in [1.82, 2.24) is 4.90 Å². The van der Waals surface area contributed by atoms with E-state index < -0.39 is 11.6 Å². The lowest BCUT2D eigenvalue weighted by Crippen LogP contribution is -2.37. The van der Waals surface area contributed by atoms with E-state index in [0.717, 1.165) is 52.1 Å². The maximum Gasteiger partial charge on any atom is 0.129 e. The van der Waals surface area contributed by atoms with E-state index in [1.54, 1.807) is 0 Å². The van der Waals surface area contributed by atoms with Crippen molar-refractivity contribution in [3.05, 3.63) is 35.4 Å². The molecule has 0 unspecified atom stereocenters. The van der Waals surface area contributed by atoms with Crippen LogP contribution in [0.25, 0.3) is 0 Å². The lowest BCUT2D eigenvalue weighted by atomic mass is 9.91. The van der Waals surface area contributed by atoms with Crippen LogP contribution in [-0.4, -0.2) is 37.7 Å². The van der Waals surface area contributed by atoms with E-state index in [-0.39, 0.29) is 5.56 Å². The Morgan fingerprint density at radius 2 is 2.05 bits per heavy atom. The Kier molecular flexibility index (Phi) is 6.58. The van der Waals surface area contributed by atoms with E-state index >= 15 is 0 Å². The van der Waals surface area contributed by atoms with Crippen molar-refractivity contribution in [2.45, 2.75) is 32.6 Å². The zero-order valence-corrected chi connectivity index (χ0v) is 12.8. The Labute approximate surface area is 126 Å². The van der Waals surface area contributed by atoms with Crippen molar-refractivity contribution in [2.75, 3.05) is 32.8 Å². The standard InChI is InChI=1S/C17H25F2NO/c1-2-21-12-11-20-10-4-5-14(13-20)8-9-15-16(18)6-3-7-17(15)19/h3,6-7,14H,2,4-5,8-13H2,1H3/t14-/m0/s1. The van der Waals surface area contributed by atoms with Gasteiger partial charge in [0.1, 0.15) is 11.6 Å². The van der Waals surface area contributed by atoms with Gasteiger partial charge in [-0.05, 0) is 57.2 Å². The molecule has 0 radical (unpaired) electrons. The largest absolute Gasteiger partial charge is 0.380 e. The fourth-order valence-corrected chi connectivity index (χ4v) is 3.05. The molecule has 0 saturated carbocycles. The lowest BCUT2D eigenvalue weighted by molar-refractivity contribution is 0.0903. The number of likely N-dealkylation sites (tertiary alicyclic amines) is 1. The maximum absolute atomic E-state index is 13.6. The van der Waals surface area contributed by atoms with E-state index in [9.17, 15) is 8.78 Å². The van der Waals surface area contributed by atoms with Gasteiger partial charge in [-0.3, -0.25) is 0 Å². The van der Waals surface area contributed by atoms with Gasteiger partial charge in [0.05, 0.1) is 6.61 Å². The molecule has 2 rings (SSSR count). The minimum atomic E-state index is -0.418. The predicted molar refractivity (Wildman–Crippen MR) is 80.3 cm³/mol. The summed E-state index contributed by atoms with van der Waals surface area (Å²) in [5, 5.41) is 0. The van der Waals surface area contributed by atoms with Gasteiger partial charge in [-0.1, -0.05) is 6.07 Å². The summed E-state index contributed by atoms with van der Waals surface area (Å²) in [6, 6.07) is 4.10. The van der Waals surface area contributed by atoms with Gasteiger partial charge in [-0.2, -0.15) is 0 Å². The molecule has 1 fully saturated rings. The van der Waals surface area contributed by atoms with E-state index in [1.807, 2.05) is 6.92 Å². The molecule has 1 aromatic rings. The minimum Gasteiger partial charge on any atom is -0.380 e. The molecule has 0 spiro atoms. The first-order chi connectivity index (χ1) is 10.2. The molecule has 4 heteroatoms. The Morgan fingerprint density at radius 1 is 1.29 bits per heavy atom. The average Bonchev–Trinajstić information content (AvgIpc) is 2.47. The highest BCUT2D eigenvalue weighted by molar-refractivity contribution is 5.19. The van der Waals surface area contributed by atoms with Crippen molar-refractivity contribution >= 4 is 0 Å². The average molecular weight is 297 g/mol.